The quantitative estimate of drug-likeness (QED) is 0.298. The molecule has 2 N–H and O–H groups in total. The van der Waals surface area contributed by atoms with E-state index in [2.05, 4.69) is 30.6 Å². The van der Waals surface area contributed by atoms with Crippen LogP contribution in [-0.4, -0.2) is 73.2 Å². The number of carbonyl (C=O) groups excluding carboxylic acids is 1. The molecule has 1 amide bonds. The molecule has 0 spiro atoms. The molecule has 0 atom stereocenters. The van der Waals surface area contributed by atoms with Gasteiger partial charge in [0, 0.05) is 51.9 Å². The van der Waals surface area contributed by atoms with Crippen LogP contribution in [0.5, 0.6) is 5.75 Å². The Hall–Kier alpha value is -2.34. The third-order valence-corrected chi connectivity index (χ3v) is 4.90. The van der Waals surface area contributed by atoms with Gasteiger partial charge in [-0.1, -0.05) is 17.3 Å². The van der Waals surface area contributed by atoms with Crippen LogP contribution in [-0.2, 0) is 17.9 Å². The van der Waals surface area contributed by atoms with Crippen LogP contribution >= 0.6 is 24.0 Å². The first-order valence-corrected chi connectivity index (χ1v) is 10.2. The van der Waals surface area contributed by atoms with Crippen LogP contribution in [0.3, 0.4) is 0 Å². The molecule has 1 aliphatic rings. The summed E-state index contributed by atoms with van der Waals surface area (Å²) in [5.74, 6) is 1.47. The summed E-state index contributed by atoms with van der Waals surface area (Å²) >= 11 is 0. The Kier molecular flexibility index (Phi) is 10.6. The molecule has 1 aliphatic heterocycles. The van der Waals surface area contributed by atoms with Crippen molar-refractivity contribution in [1.82, 2.24) is 25.6 Å². The van der Waals surface area contributed by atoms with E-state index in [1.807, 2.05) is 37.3 Å². The summed E-state index contributed by atoms with van der Waals surface area (Å²) in [7, 11) is 1.63. The van der Waals surface area contributed by atoms with E-state index in [9.17, 15) is 4.79 Å². The summed E-state index contributed by atoms with van der Waals surface area (Å²) in [4.78, 5) is 21.3. The van der Waals surface area contributed by atoms with Gasteiger partial charge >= 0.3 is 0 Å². The predicted octanol–water partition coefficient (Wildman–Crippen LogP) is 1.70. The second-order valence-electron chi connectivity index (χ2n) is 7.05. The fourth-order valence-corrected chi connectivity index (χ4v) is 3.24. The number of nitrogens with zero attached hydrogens (tertiary/aromatic N) is 4. The minimum atomic E-state index is -0.106. The second-order valence-corrected chi connectivity index (χ2v) is 7.05. The number of aromatic nitrogens is 1. The van der Waals surface area contributed by atoms with Crippen molar-refractivity contribution in [3.63, 3.8) is 0 Å². The smallest absolute Gasteiger partial charge is 0.242 e. The van der Waals surface area contributed by atoms with Crippen molar-refractivity contribution in [2.75, 3.05) is 46.4 Å². The van der Waals surface area contributed by atoms with Gasteiger partial charge in [0.2, 0.25) is 5.91 Å². The van der Waals surface area contributed by atoms with Gasteiger partial charge < -0.3 is 24.8 Å². The molecule has 0 bridgehead atoms. The second kappa shape index (κ2) is 13.2. The highest BCUT2D eigenvalue weighted by molar-refractivity contribution is 14.0. The number of guanidine groups is 1. The lowest BCUT2D eigenvalue weighted by Gasteiger charge is -2.36. The minimum absolute atomic E-state index is 0. The zero-order chi connectivity index (χ0) is 21.2. The van der Waals surface area contributed by atoms with Gasteiger partial charge in [0.1, 0.15) is 18.6 Å². The standard InChI is InChI=1S/C21H30N6O3.HI/c1-3-22-21(27-11-9-26(10-12-27)16-18-8-13-30-25-18)24-15-20(28)23-14-17-4-6-19(29-2)7-5-17;/h4-8,13H,3,9-12,14-16H2,1-2H3,(H,22,24)(H,23,28);1H. The third-order valence-electron chi connectivity index (χ3n) is 4.90. The molecule has 2 aromatic rings. The van der Waals surface area contributed by atoms with Gasteiger partial charge in [0.05, 0.1) is 12.8 Å². The predicted molar refractivity (Wildman–Crippen MR) is 130 cm³/mol. The molecule has 1 aromatic carbocycles. The van der Waals surface area contributed by atoms with Crippen LogP contribution in [0.4, 0.5) is 0 Å². The Morgan fingerprint density at radius 3 is 2.52 bits per heavy atom. The van der Waals surface area contributed by atoms with Crippen LogP contribution in [0.25, 0.3) is 0 Å². The van der Waals surface area contributed by atoms with E-state index in [4.69, 9.17) is 9.26 Å². The largest absolute Gasteiger partial charge is 0.497 e. The van der Waals surface area contributed by atoms with Crippen molar-refractivity contribution < 1.29 is 14.1 Å². The summed E-state index contributed by atoms with van der Waals surface area (Å²) < 4.78 is 10.0. The molecule has 9 nitrogen and oxygen atoms in total. The number of amides is 1. The van der Waals surface area contributed by atoms with Gasteiger partial charge in [-0.15, -0.1) is 24.0 Å². The average Bonchev–Trinajstić information content (AvgIpc) is 3.29. The van der Waals surface area contributed by atoms with E-state index in [0.717, 1.165) is 62.2 Å². The lowest BCUT2D eigenvalue weighted by Crippen LogP contribution is -2.52. The topological polar surface area (TPSA) is 95.2 Å². The number of rotatable bonds is 8. The maximum absolute atomic E-state index is 12.2. The number of benzene rings is 1. The maximum atomic E-state index is 12.2. The highest BCUT2D eigenvalue weighted by Crippen LogP contribution is 2.11. The Labute approximate surface area is 200 Å². The Bertz CT molecular complexity index is 805. The van der Waals surface area contributed by atoms with Crippen molar-refractivity contribution in [1.29, 1.82) is 0 Å². The number of methoxy groups -OCH3 is 1. The number of halogens is 1. The van der Waals surface area contributed by atoms with Gasteiger partial charge in [-0.05, 0) is 24.6 Å². The molecule has 0 unspecified atom stereocenters. The van der Waals surface area contributed by atoms with E-state index < -0.39 is 0 Å². The molecule has 2 heterocycles. The van der Waals surface area contributed by atoms with E-state index in [1.54, 1.807) is 13.4 Å². The molecule has 0 radical (unpaired) electrons. The maximum Gasteiger partial charge on any atom is 0.242 e. The lowest BCUT2D eigenvalue weighted by molar-refractivity contribution is -0.119. The van der Waals surface area contributed by atoms with Crippen LogP contribution < -0.4 is 15.4 Å². The van der Waals surface area contributed by atoms with Gasteiger partial charge in [-0.2, -0.15) is 0 Å². The first-order valence-electron chi connectivity index (χ1n) is 10.2. The van der Waals surface area contributed by atoms with Gasteiger partial charge in [0.15, 0.2) is 5.96 Å². The van der Waals surface area contributed by atoms with Crippen LogP contribution in [0.2, 0.25) is 0 Å². The van der Waals surface area contributed by atoms with E-state index in [0.29, 0.717) is 6.54 Å². The lowest BCUT2D eigenvalue weighted by atomic mass is 10.2. The number of ether oxygens (including phenoxy) is 1. The third kappa shape index (κ3) is 8.02. The normalized spacial score (nSPS) is 14.6. The van der Waals surface area contributed by atoms with Crippen molar-refractivity contribution in [3.8, 4) is 5.75 Å². The molecule has 1 saturated heterocycles. The molecule has 170 valence electrons. The van der Waals surface area contributed by atoms with Crippen molar-refractivity contribution in [2.24, 2.45) is 4.99 Å². The van der Waals surface area contributed by atoms with Crippen molar-refractivity contribution in [3.05, 3.63) is 47.9 Å². The number of piperazine rings is 1. The van der Waals surface area contributed by atoms with Gasteiger partial charge in [-0.3, -0.25) is 9.69 Å². The molecule has 10 heteroatoms. The summed E-state index contributed by atoms with van der Waals surface area (Å²) in [5, 5.41) is 10.2. The van der Waals surface area contributed by atoms with Crippen molar-refractivity contribution in [2.45, 2.75) is 20.0 Å². The summed E-state index contributed by atoms with van der Waals surface area (Å²) in [6.45, 7) is 7.63. The number of nitrogens with one attached hydrogen (secondary N) is 2. The molecular formula is C21H31IN6O3. The van der Waals surface area contributed by atoms with Crippen LogP contribution in [0, 0.1) is 0 Å². The Balaban J connectivity index is 0.00000341. The van der Waals surface area contributed by atoms with Gasteiger partial charge in [-0.25, -0.2) is 4.99 Å². The fourth-order valence-electron chi connectivity index (χ4n) is 3.24. The summed E-state index contributed by atoms with van der Waals surface area (Å²) in [6.07, 6.45) is 1.60. The summed E-state index contributed by atoms with van der Waals surface area (Å²) in [5.41, 5.74) is 1.96. The molecule has 31 heavy (non-hydrogen) atoms. The molecule has 1 fully saturated rings. The molecule has 3 rings (SSSR count). The molecule has 0 saturated carbocycles. The average molecular weight is 542 g/mol. The van der Waals surface area contributed by atoms with Crippen LogP contribution in [0.1, 0.15) is 18.2 Å². The highest BCUT2D eigenvalue weighted by Gasteiger charge is 2.20. The van der Waals surface area contributed by atoms with E-state index in [-0.39, 0.29) is 36.4 Å². The number of carbonyl (C=O) groups is 1. The zero-order valence-corrected chi connectivity index (χ0v) is 20.4. The Morgan fingerprint density at radius 2 is 1.90 bits per heavy atom. The fraction of sp³-hybridized carbons (Fsp3) is 0.476. The Morgan fingerprint density at radius 1 is 1.16 bits per heavy atom. The van der Waals surface area contributed by atoms with E-state index in [1.165, 1.54) is 0 Å². The van der Waals surface area contributed by atoms with E-state index >= 15 is 0 Å². The number of hydrogen-bond donors (Lipinski definition) is 2. The molecule has 0 aliphatic carbocycles. The van der Waals surface area contributed by atoms with Crippen LogP contribution in [0.15, 0.2) is 46.1 Å². The number of hydrogen-bond acceptors (Lipinski definition) is 6. The summed E-state index contributed by atoms with van der Waals surface area (Å²) in [6, 6.07) is 9.52. The minimum Gasteiger partial charge on any atom is -0.497 e. The highest BCUT2D eigenvalue weighted by atomic mass is 127. The van der Waals surface area contributed by atoms with Crippen molar-refractivity contribution >= 4 is 35.8 Å². The molecular weight excluding hydrogens is 511 g/mol. The van der Waals surface area contributed by atoms with Gasteiger partial charge in [0.25, 0.3) is 0 Å². The zero-order valence-electron chi connectivity index (χ0n) is 18.0. The monoisotopic (exact) mass is 542 g/mol. The molecule has 1 aromatic heterocycles. The number of aliphatic imine (C=N–C) groups is 1. The first kappa shape index (κ1) is 24.9. The first-order chi connectivity index (χ1) is 14.7. The SMILES string of the molecule is CCNC(=NCC(=O)NCc1ccc(OC)cc1)N1CCN(Cc2ccon2)CC1.I.